The maximum atomic E-state index is 13.4. The lowest BCUT2D eigenvalue weighted by Gasteiger charge is -2.15. The van der Waals surface area contributed by atoms with Crippen molar-refractivity contribution in [3.05, 3.63) is 28.2 Å². The summed E-state index contributed by atoms with van der Waals surface area (Å²) in [6.45, 7) is 4.09. The summed E-state index contributed by atoms with van der Waals surface area (Å²) < 4.78 is 24.1. The Hall–Kier alpha value is -0.850. The zero-order valence-corrected chi connectivity index (χ0v) is 11.2. The van der Waals surface area contributed by atoms with E-state index in [4.69, 9.17) is 9.47 Å². The fraction of sp³-hybridized carbons (Fsp3) is 0.455. The normalized spacial score (nSPS) is 10.9. The van der Waals surface area contributed by atoms with Crippen molar-refractivity contribution in [3.8, 4) is 0 Å². The molecule has 0 atom stereocenters. The molecule has 6 heteroatoms. The number of carbonyl (C=O) groups is 1. The van der Waals surface area contributed by atoms with Crippen molar-refractivity contribution in [2.24, 2.45) is 0 Å². The van der Waals surface area contributed by atoms with Gasteiger partial charge in [0.1, 0.15) is 4.60 Å². The van der Waals surface area contributed by atoms with E-state index < -0.39 is 17.9 Å². The van der Waals surface area contributed by atoms with Gasteiger partial charge in [0.15, 0.2) is 5.82 Å². The first kappa shape index (κ1) is 14.2. The highest BCUT2D eigenvalue weighted by molar-refractivity contribution is 9.10. The van der Waals surface area contributed by atoms with Crippen LogP contribution in [0.3, 0.4) is 0 Å². The molecule has 1 heterocycles. The number of pyridine rings is 1. The highest BCUT2D eigenvalue weighted by Gasteiger charge is 2.24. The Morgan fingerprint density at radius 1 is 1.47 bits per heavy atom. The van der Waals surface area contributed by atoms with Crippen LogP contribution in [0.2, 0.25) is 0 Å². The van der Waals surface area contributed by atoms with Crippen LogP contribution < -0.4 is 0 Å². The molecule has 0 saturated carbocycles. The number of ketones is 1. The molecule has 17 heavy (non-hydrogen) atoms. The van der Waals surface area contributed by atoms with Crippen LogP contribution in [0, 0.1) is 5.82 Å². The van der Waals surface area contributed by atoms with Crippen LogP contribution in [-0.2, 0) is 9.47 Å². The number of halogens is 2. The number of ether oxygens (including phenoxy) is 2. The van der Waals surface area contributed by atoms with Crippen molar-refractivity contribution < 1.29 is 18.7 Å². The molecule has 1 aromatic heterocycles. The number of hydrogen-bond donors (Lipinski definition) is 0. The van der Waals surface area contributed by atoms with E-state index in [9.17, 15) is 9.18 Å². The molecular weight excluding hydrogens is 293 g/mol. The zero-order chi connectivity index (χ0) is 12.8. The zero-order valence-electron chi connectivity index (χ0n) is 9.57. The number of nitrogens with zero attached hydrogens (tertiary/aromatic N) is 1. The van der Waals surface area contributed by atoms with Crippen molar-refractivity contribution in [2.75, 3.05) is 13.2 Å². The predicted octanol–water partition coefficient (Wildman–Crippen LogP) is 2.57. The molecule has 1 rings (SSSR count). The smallest absolute Gasteiger partial charge is 0.222 e. The number of aromatic nitrogens is 1. The van der Waals surface area contributed by atoms with Gasteiger partial charge in [-0.25, -0.2) is 9.37 Å². The van der Waals surface area contributed by atoms with Crippen LogP contribution in [0.5, 0.6) is 0 Å². The van der Waals surface area contributed by atoms with E-state index in [-0.39, 0.29) is 5.56 Å². The molecule has 0 saturated heterocycles. The molecule has 94 valence electrons. The number of hydrogen-bond acceptors (Lipinski definition) is 4. The van der Waals surface area contributed by atoms with Crippen LogP contribution in [-0.4, -0.2) is 30.3 Å². The Labute approximate surface area is 107 Å². The van der Waals surface area contributed by atoms with Crippen LogP contribution in [0.1, 0.15) is 24.2 Å². The molecule has 0 aliphatic rings. The topological polar surface area (TPSA) is 48.4 Å². The van der Waals surface area contributed by atoms with Gasteiger partial charge in [-0.05, 0) is 35.8 Å². The average Bonchev–Trinajstić information content (AvgIpc) is 2.31. The van der Waals surface area contributed by atoms with Gasteiger partial charge in [-0.3, -0.25) is 4.79 Å². The minimum atomic E-state index is -1.08. The van der Waals surface area contributed by atoms with Gasteiger partial charge in [0.05, 0.1) is 11.8 Å². The van der Waals surface area contributed by atoms with E-state index >= 15 is 0 Å². The standard InChI is InChI=1S/C11H13BrFNO3/c1-3-16-11(17-4-2)10(15)7-5-9(12)14-6-8(7)13/h5-6,11H,3-4H2,1-2H3. The number of Topliss-reactive ketones (excluding diaryl/α,β-unsaturated/α-hetero) is 1. The van der Waals surface area contributed by atoms with Crippen molar-refractivity contribution in [3.63, 3.8) is 0 Å². The van der Waals surface area contributed by atoms with E-state index in [0.717, 1.165) is 6.20 Å². The summed E-state index contributed by atoms with van der Waals surface area (Å²) in [6, 6.07) is 1.31. The third-order valence-corrected chi connectivity index (χ3v) is 2.37. The van der Waals surface area contributed by atoms with Crippen LogP contribution in [0.25, 0.3) is 0 Å². The van der Waals surface area contributed by atoms with Crippen LogP contribution in [0.15, 0.2) is 16.9 Å². The summed E-state index contributed by atoms with van der Waals surface area (Å²) in [5, 5.41) is 0. The lowest BCUT2D eigenvalue weighted by molar-refractivity contribution is -0.107. The molecule has 0 spiro atoms. The second-order valence-electron chi connectivity index (χ2n) is 3.09. The van der Waals surface area contributed by atoms with E-state index in [1.807, 2.05) is 0 Å². The molecule has 1 aromatic rings. The summed E-state index contributed by atoms with van der Waals surface area (Å²) in [5.74, 6) is -1.24. The Kier molecular flexibility index (Phi) is 5.67. The number of carbonyl (C=O) groups excluding carboxylic acids is 1. The average molecular weight is 306 g/mol. The fourth-order valence-corrected chi connectivity index (χ4v) is 1.56. The molecule has 0 unspecified atom stereocenters. The quantitative estimate of drug-likeness (QED) is 0.460. The Balaban J connectivity index is 2.95. The summed E-state index contributed by atoms with van der Waals surface area (Å²) in [7, 11) is 0. The summed E-state index contributed by atoms with van der Waals surface area (Å²) in [4.78, 5) is 15.6. The lowest BCUT2D eigenvalue weighted by atomic mass is 10.1. The van der Waals surface area contributed by atoms with E-state index in [0.29, 0.717) is 17.8 Å². The number of rotatable bonds is 6. The van der Waals surface area contributed by atoms with Gasteiger partial charge in [-0.2, -0.15) is 0 Å². The van der Waals surface area contributed by atoms with Gasteiger partial charge in [0.2, 0.25) is 12.1 Å². The van der Waals surface area contributed by atoms with Gasteiger partial charge >= 0.3 is 0 Å². The molecule has 0 radical (unpaired) electrons. The summed E-state index contributed by atoms with van der Waals surface area (Å²) >= 11 is 3.08. The van der Waals surface area contributed by atoms with Gasteiger partial charge < -0.3 is 9.47 Å². The minimum absolute atomic E-state index is 0.0984. The van der Waals surface area contributed by atoms with Crippen molar-refractivity contribution in [1.29, 1.82) is 0 Å². The van der Waals surface area contributed by atoms with Crippen molar-refractivity contribution >= 4 is 21.7 Å². The van der Waals surface area contributed by atoms with Crippen molar-refractivity contribution in [1.82, 2.24) is 4.98 Å². The summed E-state index contributed by atoms with van der Waals surface area (Å²) in [5.41, 5.74) is -0.0984. The molecule has 0 fully saturated rings. The Morgan fingerprint density at radius 2 is 2.06 bits per heavy atom. The second kappa shape index (κ2) is 6.78. The van der Waals surface area contributed by atoms with Gasteiger partial charge in [-0.15, -0.1) is 0 Å². The Bertz CT molecular complexity index is 394. The SMILES string of the molecule is CCOC(OCC)C(=O)c1cc(Br)ncc1F. The van der Waals surface area contributed by atoms with Crippen LogP contribution >= 0.6 is 15.9 Å². The van der Waals surface area contributed by atoms with Crippen LogP contribution in [0.4, 0.5) is 4.39 Å². The molecule has 0 aliphatic carbocycles. The van der Waals surface area contributed by atoms with E-state index in [1.54, 1.807) is 13.8 Å². The monoisotopic (exact) mass is 305 g/mol. The largest absolute Gasteiger partial charge is 0.346 e. The molecule has 0 N–H and O–H groups in total. The Morgan fingerprint density at radius 3 is 2.59 bits per heavy atom. The highest BCUT2D eigenvalue weighted by atomic mass is 79.9. The molecule has 0 bridgehead atoms. The highest BCUT2D eigenvalue weighted by Crippen LogP contribution is 2.16. The van der Waals surface area contributed by atoms with Gasteiger partial charge in [-0.1, -0.05) is 0 Å². The predicted molar refractivity (Wildman–Crippen MR) is 63.3 cm³/mol. The minimum Gasteiger partial charge on any atom is -0.346 e. The maximum absolute atomic E-state index is 13.4. The van der Waals surface area contributed by atoms with Crippen molar-refractivity contribution in [2.45, 2.75) is 20.1 Å². The molecule has 0 aromatic carbocycles. The molecule has 0 amide bonds. The molecule has 0 aliphatic heterocycles. The first-order valence-electron chi connectivity index (χ1n) is 5.18. The third kappa shape index (κ3) is 3.83. The second-order valence-corrected chi connectivity index (χ2v) is 3.91. The first-order valence-corrected chi connectivity index (χ1v) is 5.97. The van der Waals surface area contributed by atoms with Gasteiger partial charge in [0, 0.05) is 13.2 Å². The summed E-state index contributed by atoms with van der Waals surface area (Å²) in [6.07, 6.45) is -0.0967. The molecule has 4 nitrogen and oxygen atoms in total. The fourth-order valence-electron chi connectivity index (χ4n) is 1.23. The first-order chi connectivity index (χ1) is 8.10. The van der Waals surface area contributed by atoms with E-state index in [1.165, 1.54) is 6.07 Å². The maximum Gasteiger partial charge on any atom is 0.222 e. The van der Waals surface area contributed by atoms with Gasteiger partial charge in [0.25, 0.3) is 0 Å². The molecular formula is C11H13BrFNO3. The lowest BCUT2D eigenvalue weighted by Crippen LogP contribution is -2.28. The van der Waals surface area contributed by atoms with E-state index in [2.05, 4.69) is 20.9 Å². The third-order valence-electron chi connectivity index (χ3n) is 1.94.